The molecule has 1 unspecified atom stereocenters. The molecule has 1 aliphatic rings. The zero-order valence-electron chi connectivity index (χ0n) is 10.0. The molecule has 1 saturated carbocycles. The molecule has 1 fully saturated rings. The first-order valence-corrected chi connectivity index (χ1v) is 5.97. The average Bonchev–Trinajstić information content (AvgIpc) is 3.09. The quantitative estimate of drug-likeness (QED) is 0.814. The second kappa shape index (κ2) is 4.88. The minimum absolute atomic E-state index is 0.296. The lowest BCUT2D eigenvalue weighted by Crippen LogP contribution is -2.27. The summed E-state index contributed by atoms with van der Waals surface area (Å²) in [6.07, 6.45) is -2.29. The van der Waals surface area contributed by atoms with Gasteiger partial charge in [0.1, 0.15) is 5.82 Å². The molecular formula is C13H15F4N. The molecule has 1 aromatic carbocycles. The van der Waals surface area contributed by atoms with E-state index < -0.39 is 17.6 Å². The molecule has 1 aliphatic carbocycles. The van der Waals surface area contributed by atoms with Crippen LogP contribution < -0.4 is 5.32 Å². The normalized spacial score (nSPS) is 17.8. The van der Waals surface area contributed by atoms with Crippen molar-refractivity contribution < 1.29 is 17.6 Å². The standard InChI is InChI=1S/C13H15F4N/c1-8(10-3-4-10)18-7-9-2-5-12(14)11(6-9)13(15,16)17/h2,5-6,8,10,18H,3-4,7H2,1H3. The topological polar surface area (TPSA) is 12.0 Å². The lowest BCUT2D eigenvalue weighted by molar-refractivity contribution is -0.140. The van der Waals surface area contributed by atoms with Crippen molar-refractivity contribution in [1.29, 1.82) is 0 Å². The number of nitrogens with one attached hydrogen (secondary N) is 1. The van der Waals surface area contributed by atoms with Crippen molar-refractivity contribution in [2.75, 3.05) is 0 Å². The molecule has 0 heterocycles. The van der Waals surface area contributed by atoms with Gasteiger partial charge in [-0.25, -0.2) is 4.39 Å². The zero-order valence-corrected chi connectivity index (χ0v) is 10.0. The summed E-state index contributed by atoms with van der Waals surface area (Å²) in [4.78, 5) is 0. The third kappa shape index (κ3) is 3.22. The van der Waals surface area contributed by atoms with Gasteiger partial charge in [-0.2, -0.15) is 13.2 Å². The maximum Gasteiger partial charge on any atom is 0.419 e. The second-order valence-electron chi connectivity index (χ2n) is 4.82. The Balaban J connectivity index is 2.04. The predicted octanol–water partition coefficient (Wildman–Crippen LogP) is 3.73. The summed E-state index contributed by atoms with van der Waals surface area (Å²) in [7, 11) is 0. The number of halogens is 4. The van der Waals surface area contributed by atoms with Crippen LogP contribution in [0.2, 0.25) is 0 Å². The molecule has 0 spiro atoms. The van der Waals surface area contributed by atoms with Gasteiger partial charge in [0.15, 0.2) is 0 Å². The molecule has 2 rings (SSSR count). The molecule has 1 atom stereocenters. The zero-order chi connectivity index (χ0) is 13.3. The number of hydrogen-bond donors (Lipinski definition) is 1. The van der Waals surface area contributed by atoms with Crippen LogP contribution in [-0.2, 0) is 12.7 Å². The Morgan fingerprint density at radius 2 is 2.00 bits per heavy atom. The van der Waals surface area contributed by atoms with Crippen LogP contribution in [0.4, 0.5) is 17.6 Å². The van der Waals surface area contributed by atoms with Gasteiger partial charge in [0, 0.05) is 12.6 Å². The van der Waals surface area contributed by atoms with Gasteiger partial charge in [-0.3, -0.25) is 0 Å². The number of hydrogen-bond acceptors (Lipinski definition) is 1. The molecule has 1 aromatic rings. The van der Waals surface area contributed by atoms with Crippen LogP contribution in [0.5, 0.6) is 0 Å². The van der Waals surface area contributed by atoms with Crippen LogP contribution in [-0.4, -0.2) is 6.04 Å². The van der Waals surface area contributed by atoms with E-state index in [0.717, 1.165) is 12.1 Å². The molecule has 1 nitrogen and oxygen atoms in total. The summed E-state index contributed by atoms with van der Waals surface area (Å²) >= 11 is 0. The lowest BCUT2D eigenvalue weighted by Gasteiger charge is -2.14. The molecule has 0 saturated heterocycles. The third-order valence-electron chi connectivity index (χ3n) is 3.29. The van der Waals surface area contributed by atoms with Crippen molar-refractivity contribution in [2.24, 2.45) is 5.92 Å². The smallest absolute Gasteiger partial charge is 0.310 e. The van der Waals surface area contributed by atoms with Crippen LogP contribution >= 0.6 is 0 Å². The number of rotatable bonds is 4. The van der Waals surface area contributed by atoms with Gasteiger partial charge in [0.2, 0.25) is 0 Å². The van der Waals surface area contributed by atoms with Crippen LogP contribution in [0.1, 0.15) is 30.9 Å². The Labute approximate surface area is 103 Å². The van der Waals surface area contributed by atoms with Crippen LogP contribution in [0, 0.1) is 11.7 Å². The molecule has 18 heavy (non-hydrogen) atoms. The molecule has 0 amide bonds. The van der Waals surface area contributed by atoms with E-state index in [2.05, 4.69) is 5.32 Å². The Bertz CT molecular complexity index is 423. The van der Waals surface area contributed by atoms with Crippen LogP contribution in [0.25, 0.3) is 0 Å². The Hall–Kier alpha value is -1.10. The van der Waals surface area contributed by atoms with Gasteiger partial charge in [-0.1, -0.05) is 6.07 Å². The van der Waals surface area contributed by atoms with E-state index >= 15 is 0 Å². The van der Waals surface area contributed by atoms with Gasteiger partial charge in [0.25, 0.3) is 0 Å². The molecule has 1 N–H and O–H groups in total. The molecule has 0 aliphatic heterocycles. The highest BCUT2D eigenvalue weighted by molar-refractivity contribution is 5.27. The molecule has 100 valence electrons. The van der Waals surface area contributed by atoms with E-state index in [-0.39, 0.29) is 0 Å². The van der Waals surface area contributed by atoms with E-state index in [9.17, 15) is 17.6 Å². The molecule has 0 radical (unpaired) electrons. The molecule has 0 bridgehead atoms. The van der Waals surface area contributed by atoms with Gasteiger partial charge in [0.05, 0.1) is 5.56 Å². The second-order valence-corrected chi connectivity index (χ2v) is 4.82. The summed E-state index contributed by atoms with van der Waals surface area (Å²) < 4.78 is 50.6. The Kier molecular flexibility index (Phi) is 3.61. The van der Waals surface area contributed by atoms with Crippen molar-refractivity contribution >= 4 is 0 Å². The molecule has 0 aromatic heterocycles. The average molecular weight is 261 g/mol. The first-order chi connectivity index (χ1) is 8.38. The fraction of sp³-hybridized carbons (Fsp3) is 0.538. The summed E-state index contributed by atoms with van der Waals surface area (Å²) in [5.41, 5.74) is -0.739. The first-order valence-electron chi connectivity index (χ1n) is 5.97. The SMILES string of the molecule is CC(NCc1ccc(F)c(C(F)(F)F)c1)C1CC1. The summed E-state index contributed by atoms with van der Waals surface area (Å²) in [6, 6.07) is 3.44. The van der Waals surface area contributed by atoms with Gasteiger partial charge < -0.3 is 5.32 Å². The molecular weight excluding hydrogens is 246 g/mol. The first kappa shape index (κ1) is 13.3. The Morgan fingerprint density at radius 3 is 2.56 bits per heavy atom. The third-order valence-corrected chi connectivity index (χ3v) is 3.29. The van der Waals surface area contributed by atoms with Crippen molar-refractivity contribution in [1.82, 2.24) is 5.32 Å². The monoisotopic (exact) mass is 261 g/mol. The minimum Gasteiger partial charge on any atom is -0.310 e. The summed E-state index contributed by atoms with van der Waals surface area (Å²) in [6.45, 7) is 2.35. The van der Waals surface area contributed by atoms with Crippen LogP contribution in [0.15, 0.2) is 18.2 Å². The van der Waals surface area contributed by atoms with E-state index in [1.807, 2.05) is 6.92 Å². The predicted molar refractivity (Wildman–Crippen MR) is 60.4 cm³/mol. The van der Waals surface area contributed by atoms with Crippen molar-refractivity contribution in [2.45, 2.75) is 38.5 Å². The van der Waals surface area contributed by atoms with Gasteiger partial charge in [-0.05, 0) is 43.4 Å². The van der Waals surface area contributed by atoms with Gasteiger partial charge >= 0.3 is 6.18 Å². The highest BCUT2D eigenvalue weighted by Gasteiger charge is 2.34. The minimum atomic E-state index is -4.64. The molecule has 5 heteroatoms. The van der Waals surface area contributed by atoms with Crippen molar-refractivity contribution in [3.8, 4) is 0 Å². The fourth-order valence-corrected chi connectivity index (χ4v) is 1.94. The maximum absolute atomic E-state index is 13.1. The van der Waals surface area contributed by atoms with E-state index in [4.69, 9.17) is 0 Å². The fourth-order valence-electron chi connectivity index (χ4n) is 1.94. The van der Waals surface area contributed by atoms with E-state index in [0.29, 0.717) is 24.1 Å². The highest BCUT2D eigenvalue weighted by atomic mass is 19.4. The van der Waals surface area contributed by atoms with E-state index in [1.165, 1.54) is 18.9 Å². The highest BCUT2D eigenvalue weighted by Crippen LogP contribution is 2.33. The summed E-state index contributed by atoms with van der Waals surface area (Å²) in [5, 5.41) is 3.17. The lowest BCUT2D eigenvalue weighted by atomic mass is 10.1. The Morgan fingerprint density at radius 1 is 1.33 bits per heavy atom. The van der Waals surface area contributed by atoms with Crippen LogP contribution in [0.3, 0.4) is 0 Å². The van der Waals surface area contributed by atoms with Crippen molar-refractivity contribution in [3.05, 3.63) is 35.1 Å². The van der Waals surface area contributed by atoms with E-state index in [1.54, 1.807) is 0 Å². The van der Waals surface area contributed by atoms with Gasteiger partial charge in [-0.15, -0.1) is 0 Å². The maximum atomic E-state index is 13.1. The van der Waals surface area contributed by atoms with Crippen molar-refractivity contribution in [3.63, 3.8) is 0 Å². The largest absolute Gasteiger partial charge is 0.419 e. The number of alkyl halides is 3. The number of benzene rings is 1. The summed E-state index contributed by atoms with van der Waals surface area (Å²) in [5.74, 6) is -0.589.